The highest BCUT2D eigenvalue weighted by atomic mass is 32.2. The average molecular weight is 252 g/mol. The fourth-order valence-electron chi connectivity index (χ4n) is 1.77. The van der Waals surface area contributed by atoms with Crippen molar-refractivity contribution in [2.75, 3.05) is 7.05 Å². The molecule has 16 heavy (non-hydrogen) atoms. The molecule has 3 N–H and O–H groups in total. The van der Waals surface area contributed by atoms with Gasteiger partial charge in [-0.3, -0.25) is 4.79 Å². The van der Waals surface area contributed by atoms with Crippen LogP contribution in [-0.4, -0.2) is 36.9 Å². The lowest BCUT2D eigenvalue weighted by molar-refractivity contribution is -0.143. The molecule has 0 aromatic heterocycles. The van der Waals surface area contributed by atoms with Crippen molar-refractivity contribution < 1.29 is 18.3 Å². The normalized spacial score (nSPS) is 16.1. The quantitative estimate of drug-likeness (QED) is 0.684. The Balaban J connectivity index is 5.06. The zero-order chi connectivity index (χ0) is 12.9. The van der Waals surface area contributed by atoms with Crippen molar-refractivity contribution in [1.82, 2.24) is 4.31 Å². The molecule has 0 amide bonds. The number of nitrogens with zero attached hydrogens (tertiary/aromatic N) is 1. The van der Waals surface area contributed by atoms with Crippen LogP contribution in [0.15, 0.2) is 0 Å². The predicted molar refractivity (Wildman–Crippen MR) is 61.0 cm³/mol. The van der Waals surface area contributed by atoms with Gasteiger partial charge in [-0.25, -0.2) is 5.14 Å². The second-order valence-corrected chi connectivity index (χ2v) is 5.41. The molecule has 0 bridgehead atoms. The molecule has 0 saturated carbocycles. The van der Waals surface area contributed by atoms with Gasteiger partial charge in [0.15, 0.2) is 0 Å². The Labute approximate surface area is 96.6 Å². The lowest BCUT2D eigenvalue weighted by Crippen LogP contribution is -2.49. The number of hydrogen-bond donors (Lipinski definition) is 2. The first-order valence-corrected chi connectivity index (χ1v) is 6.74. The highest BCUT2D eigenvalue weighted by Gasteiger charge is 2.35. The standard InChI is InChI=1S/C9H20N2O4S/c1-4-6-7(5-2)8(9(12)13)11(3)16(10,14)15/h7-8H,4-6H2,1-3H3,(H,12,13)(H2,10,14,15). The number of aliphatic carboxylic acids is 1. The minimum Gasteiger partial charge on any atom is -0.480 e. The van der Waals surface area contributed by atoms with Gasteiger partial charge >= 0.3 is 5.97 Å². The van der Waals surface area contributed by atoms with Crippen LogP contribution in [0.2, 0.25) is 0 Å². The van der Waals surface area contributed by atoms with Gasteiger partial charge in [0.05, 0.1) is 0 Å². The Morgan fingerprint density at radius 2 is 1.94 bits per heavy atom. The molecule has 2 unspecified atom stereocenters. The fourth-order valence-corrected chi connectivity index (χ4v) is 2.35. The molecule has 96 valence electrons. The second kappa shape index (κ2) is 6.17. The fraction of sp³-hybridized carbons (Fsp3) is 0.889. The van der Waals surface area contributed by atoms with E-state index in [9.17, 15) is 13.2 Å². The summed E-state index contributed by atoms with van der Waals surface area (Å²) in [5, 5.41) is 14.0. The first-order valence-electron chi connectivity index (χ1n) is 5.24. The topological polar surface area (TPSA) is 101 Å². The van der Waals surface area contributed by atoms with Crippen molar-refractivity contribution in [3.8, 4) is 0 Å². The van der Waals surface area contributed by atoms with E-state index in [1.54, 1.807) is 0 Å². The zero-order valence-electron chi connectivity index (χ0n) is 9.88. The molecule has 0 aliphatic carbocycles. The third kappa shape index (κ3) is 4.07. The van der Waals surface area contributed by atoms with Gasteiger partial charge in [-0.1, -0.05) is 26.7 Å². The first kappa shape index (κ1) is 15.3. The Hall–Kier alpha value is -0.660. The molecule has 0 rings (SSSR count). The van der Waals surface area contributed by atoms with Crippen LogP contribution in [0.3, 0.4) is 0 Å². The summed E-state index contributed by atoms with van der Waals surface area (Å²) >= 11 is 0. The molecule has 2 atom stereocenters. The minimum absolute atomic E-state index is 0.217. The van der Waals surface area contributed by atoms with Crippen LogP contribution in [0.1, 0.15) is 33.1 Å². The summed E-state index contributed by atoms with van der Waals surface area (Å²) in [6, 6.07) is -1.08. The third-order valence-corrected chi connectivity index (χ3v) is 3.71. The molecule has 0 aromatic carbocycles. The largest absolute Gasteiger partial charge is 0.480 e. The molecule has 0 spiro atoms. The SMILES string of the molecule is CCCC(CC)C(C(=O)O)N(C)S(N)(=O)=O. The molecular formula is C9H20N2O4S. The van der Waals surface area contributed by atoms with Crippen LogP contribution in [0.5, 0.6) is 0 Å². The van der Waals surface area contributed by atoms with Crippen LogP contribution in [0.25, 0.3) is 0 Å². The number of likely N-dealkylation sites (N-methyl/N-ethyl adjacent to an activating group) is 1. The number of hydrogen-bond acceptors (Lipinski definition) is 3. The van der Waals surface area contributed by atoms with Crippen LogP contribution < -0.4 is 5.14 Å². The Morgan fingerprint density at radius 1 is 1.44 bits per heavy atom. The molecule has 0 aromatic rings. The number of rotatable bonds is 7. The summed E-state index contributed by atoms with van der Waals surface area (Å²) in [5.41, 5.74) is 0. The summed E-state index contributed by atoms with van der Waals surface area (Å²) in [7, 11) is -2.77. The number of nitrogens with two attached hydrogens (primary N) is 1. The molecule has 7 heteroatoms. The van der Waals surface area contributed by atoms with Crippen LogP contribution in [-0.2, 0) is 15.0 Å². The highest BCUT2D eigenvalue weighted by Crippen LogP contribution is 2.21. The molecule has 0 saturated heterocycles. The van der Waals surface area contributed by atoms with E-state index in [4.69, 9.17) is 10.2 Å². The Kier molecular flexibility index (Phi) is 5.91. The first-order chi connectivity index (χ1) is 7.25. The van der Waals surface area contributed by atoms with Gasteiger partial charge in [0.2, 0.25) is 0 Å². The van der Waals surface area contributed by atoms with Gasteiger partial charge in [-0.2, -0.15) is 12.7 Å². The zero-order valence-corrected chi connectivity index (χ0v) is 10.7. The van der Waals surface area contributed by atoms with Gasteiger partial charge < -0.3 is 5.11 Å². The second-order valence-electron chi connectivity index (χ2n) is 3.80. The summed E-state index contributed by atoms with van der Waals surface area (Å²) in [5.74, 6) is -1.37. The van der Waals surface area contributed by atoms with Crippen molar-refractivity contribution in [2.45, 2.75) is 39.2 Å². The van der Waals surface area contributed by atoms with Crippen LogP contribution in [0.4, 0.5) is 0 Å². The number of carboxylic acid groups (broad SMARTS) is 1. The Bertz CT molecular complexity index is 328. The van der Waals surface area contributed by atoms with Crippen molar-refractivity contribution >= 4 is 16.2 Å². The lowest BCUT2D eigenvalue weighted by atomic mass is 9.92. The summed E-state index contributed by atoms with van der Waals surface area (Å²) in [4.78, 5) is 11.1. The molecule has 0 aliphatic heterocycles. The molecule has 0 heterocycles. The van der Waals surface area contributed by atoms with E-state index >= 15 is 0 Å². The summed E-state index contributed by atoms with van der Waals surface area (Å²) in [6.45, 7) is 3.77. The molecule has 6 nitrogen and oxygen atoms in total. The lowest BCUT2D eigenvalue weighted by Gasteiger charge is -2.28. The van der Waals surface area contributed by atoms with Gasteiger partial charge in [0.25, 0.3) is 10.2 Å². The Morgan fingerprint density at radius 3 is 2.19 bits per heavy atom. The van der Waals surface area contributed by atoms with Crippen LogP contribution >= 0.6 is 0 Å². The monoisotopic (exact) mass is 252 g/mol. The average Bonchev–Trinajstić information content (AvgIpc) is 2.14. The minimum atomic E-state index is -3.97. The number of carboxylic acids is 1. The molecule has 0 aliphatic rings. The predicted octanol–water partition coefficient (Wildman–Crippen LogP) is 0.401. The van der Waals surface area contributed by atoms with Gasteiger partial charge in [0, 0.05) is 7.05 Å². The van der Waals surface area contributed by atoms with Crippen molar-refractivity contribution in [1.29, 1.82) is 0 Å². The van der Waals surface area contributed by atoms with Crippen molar-refractivity contribution in [3.05, 3.63) is 0 Å². The molecule has 0 radical (unpaired) electrons. The maximum Gasteiger partial charge on any atom is 0.322 e. The van der Waals surface area contributed by atoms with E-state index in [0.29, 0.717) is 12.8 Å². The van der Waals surface area contributed by atoms with E-state index in [-0.39, 0.29) is 5.92 Å². The van der Waals surface area contributed by atoms with Gasteiger partial charge in [0.1, 0.15) is 6.04 Å². The smallest absolute Gasteiger partial charge is 0.322 e. The van der Waals surface area contributed by atoms with E-state index in [0.717, 1.165) is 10.7 Å². The highest BCUT2D eigenvalue weighted by molar-refractivity contribution is 7.86. The maximum atomic E-state index is 11.1. The summed E-state index contributed by atoms with van der Waals surface area (Å²) in [6.07, 6.45) is 2.07. The van der Waals surface area contributed by atoms with E-state index in [1.165, 1.54) is 7.05 Å². The third-order valence-electron chi connectivity index (χ3n) is 2.68. The molecular weight excluding hydrogens is 232 g/mol. The van der Waals surface area contributed by atoms with Crippen molar-refractivity contribution in [3.63, 3.8) is 0 Å². The van der Waals surface area contributed by atoms with Gasteiger partial charge in [-0.15, -0.1) is 0 Å². The van der Waals surface area contributed by atoms with E-state index < -0.39 is 22.2 Å². The maximum absolute atomic E-state index is 11.1. The van der Waals surface area contributed by atoms with E-state index in [2.05, 4.69) is 0 Å². The van der Waals surface area contributed by atoms with E-state index in [1.807, 2.05) is 13.8 Å². The molecule has 0 fully saturated rings. The van der Waals surface area contributed by atoms with Gasteiger partial charge in [-0.05, 0) is 12.3 Å². The number of carbonyl (C=O) groups is 1. The van der Waals surface area contributed by atoms with Crippen molar-refractivity contribution in [2.24, 2.45) is 11.1 Å². The van der Waals surface area contributed by atoms with Crippen LogP contribution in [0, 0.1) is 5.92 Å². The summed E-state index contributed by atoms with van der Waals surface area (Å²) < 4.78 is 23.0.